The largest absolute Gasteiger partial charge is 0.421 e. The number of carbonyl (C=O) groups excluding carboxylic acids is 1. The van der Waals surface area contributed by atoms with Crippen molar-refractivity contribution in [3.05, 3.63) is 65.8 Å². The van der Waals surface area contributed by atoms with Gasteiger partial charge in [-0.3, -0.25) is 4.79 Å². The van der Waals surface area contributed by atoms with E-state index in [1.807, 2.05) is 55.5 Å². The molecule has 0 bridgehead atoms. The molecule has 2 aromatic carbocycles. The van der Waals surface area contributed by atoms with E-state index in [1.165, 1.54) is 0 Å². The summed E-state index contributed by atoms with van der Waals surface area (Å²) in [5.41, 5.74) is 3.44. The number of nitrogens with one attached hydrogen (secondary N) is 1. The number of rotatable bonds is 6. The third kappa shape index (κ3) is 4.34. The van der Waals surface area contributed by atoms with Gasteiger partial charge in [0.05, 0.1) is 5.69 Å². The molecule has 0 spiro atoms. The fourth-order valence-corrected chi connectivity index (χ4v) is 2.80. The molecule has 0 atom stereocenters. The van der Waals surface area contributed by atoms with Crippen LogP contribution in [0.2, 0.25) is 0 Å². The van der Waals surface area contributed by atoms with Gasteiger partial charge in [0, 0.05) is 24.1 Å². The molecule has 0 aliphatic rings. The molecular formula is C20H19N7O2. The van der Waals surface area contributed by atoms with Gasteiger partial charge in [-0.15, -0.1) is 15.3 Å². The number of amides is 1. The first kappa shape index (κ1) is 18.5. The van der Waals surface area contributed by atoms with E-state index in [0.717, 1.165) is 16.8 Å². The number of nitrogens with zero attached hydrogens (tertiary/aromatic N) is 6. The average molecular weight is 389 g/mol. The molecule has 2 heterocycles. The Morgan fingerprint density at radius 3 is 2.66 bits per heavy atom. The fourth-order valence-electron chi connectivity index (χ4n) is 2.80. The molecule has 2 aromatic heterocycles. The minimum atomic E-state index is -0.148. The second-order valence-corrected chi connectivity index (χ2v) is 6.60. The standard InChI is InChI=1S/C20H19N7O2/c1-13-6-8-15(9-7-13)20-24-23-19(29-20)11-10-18(28)21-16-4-3-5-17(12-16)27-14(2)22-25-26-27/h3-9,12H,10-11H2,1-2H3,(H,21,28). The molecule has 4 rings (SSSR count). The van der Waals surface area contributed by atoms with E-state index >= 15 is 0 Å². The first-order valence-corrected chi connectivity index (χ1v) is 9.13. The monoisotopic (exact) mass is 389 g/mol. The van der Waals surface area contributed by atoms with E-state index in [9.17, 15) is 4.79 Å². The van der Waals surface area contributed by atoms with Gasteiger partial charge in [-0.2, -0.15) is 4.68 Å². The van der Waals surface area contributed by atoms with Crippen molar-refractivity contribution >= 4 is 11.6 Å². The molecule has 9 heteroatoms. The Bertz CT molecular complexity index is 1130. The average Bonchev–Trinajstić information content (AvgIpc) is 3.36. The number of aromatic nitrogens is 6. The quantitative estimate of drug-likeness (QED) is 0.539. The zero-order chi connectivity index (χ0) is 20.2. The van der Waals surface area contributed by atoms with E-state index in [-0.39, 0.29) is 12.3 Å². The Morgan fingerprint density at radius 2 is 1.90 bits per heavy atom. The lowest BCUT2D eigenvalue weighted by Crippen LogP contribution is -2.13. The summed E-state index contributed by atoms with van der Waals surface area (Å²) >= 11 is 0. The van der Waals surface area contributed by atoms with Crippen LogP contribution < -0.4 is 5.32 Å². The molecule has 0 saturated heterocycles. The van der Waals surface area contributed by atoms with Gasteiger partial charge in [0.2, 0.25) is 17.7 Å². The van der Waals surface area contributed by atoms with Crippen LogP contribution in [0, 0.1) is 13.8 Å². The van der Waals surface area contributed by atoms with Crippen LogP contribution in [0.25, 0.3) is 17.1 Å². The summed E-state index contributed by atoms with van der Waals surface area (Å²) in [6.07, 6.45) is 0.583. The van der Waals surface area contributed by atoms with Crippen LogP contribution in [0.15, 0.2) is 52.9 Å². The third-order valence-electron chi connectivity index (χ3n) is 4.33. The van der Waals surface area contributed by atoms with Crippen molar-refractivity contribution in [1.29, 1.82) is 0 Å². The molecule has 4 aromatic rings. The molecule has 9 nitrogen and oxygen atoms in total. The number of aryl methyl sites for hydroxylation is 3. The highest BCUT2D eigenvalue weighted by molar-refractivity contribution is 5.91. The summed E-state index contributed by atoms with van der Waals surface area (Å²) in [5.74, 6) is 1.39. The number of hydrogen-bond acceptors (Lipinski definition) is 7. The van der Waals surface area contributed by atoms with Crippen LogP contribution in [-0.4, -0.2) is 36.3 Å². The lowest BCUT2D eigenvalue weighted by atomic mass is 10.1. The highest BCUT2D eigenvalue weighted by atomic mass is 16.4. The Hall–Kier alpha value is -3.88. The topological polar surface area (TPSA) is 112 Å². The van der Waals surface area contributed by atoms with Crippen molar-refractivity contribution in [2.45, 2.75) is 26.7 Å². The number of anilines is 1. The van der Waals surface area contributed by atoms with E-state index < -0.39 is 0 Å². The maximum absolute atomic E-state index is 12.3. The molecule has 0 radical (unpaired) electrons. The molecule has 0 saturated carbocycles. The van der Waals surface area contributed by atoms with Crippen LogP contribution in [0.5, 0.6) is 0 Å². The van der Waals surface area contributed by atoms with Gasteiger partial charge in [-0.25, -0.2) is 0 Å². The summed E-state index contributed by atoms with van der Waals surface area (Å²) in [6, 6.07) is 15.1. The van der Waals surface area contributed by atoms with Gasteiger partial charge < -0.3 is 9.73 Å². The molecule has 29 heavy (non-hydrogen) atoms. The minimum absolute atomic E-state index is 0.148. The highest BCUT2D eigenvalue weighted by Crippen LogP contribution is 2.19. The van der Waals surface area contributed by atoms with Crippen molar-refractivity contribution in [2.24, 2.45) is 0 Å². The molecule has 0 aliphatic heterocycles. The first-order valence-electron chi connectivity index (χ1n) is 9.13. The summed E-state index contributed by atoms with van der Waals surface area (Å²) in [5, 5.41) is 22.4. The van der Waals surface area contributed by atoms with Crippen molar-refractivity contribution in [1.82, 2.24) is 30.4 Å². The molecule has 1 amide bonds. The van der Waals surface area contributed by atoms with E-state index in [4.69, 9.17) is 4.42 Å². The number of hydrogen-bond donors (Lipinski definition) is 1. The summed E-state index contributed by atoms with van der Waals surface area (Å²) < 4.78 is 7.26. The number of carbonyl (C=O) groups is 1. The van der Waals surface area contributed by atoms with Crippen LogP contribution >= 0.6 is 0 Å². The Kier molecular flexibility index (Phi) is 5.10. The Morgan fingerprint density at radius 1 is 1.07 bits per heavy atom. The normalized spacial score (nSPS) is 10.8. The lowest BCUT2D eigenvalue weighted by Gasteiger charge is -2.07. The van der Waals surface area contributed by atoms with Gasteiger partial charge in [0.15, 0.2) is 5.82 Å². The van der Waals surface area contributed by atoms with E-state index in [2.05, 4.69) is 31.0 Å². The van der Waals surface area contributed by atoms with Crippen LogP contribution in [0.3, 0.4) is 0 Å². The van der Waals surface area contributed by atoms with E-state index in [0.29, 0.717) is 29.7 Å². The minimum Gasteiger partial charge on any atom is -0.421 e. The lowest BCUT2D eigenvalue weighted by molar-refractivity contribution is -0.116. The predicted octanol–water partition coefficient (Wildman–Crippen LogP) is 2.90. The van der Waals surface area contributed by atoms with Gasteiger partial charge >= 0.3 is 0 Å². The smallest absolute Gasteiger partial charge is 0.247 e. The molecule has 1 N–H and O–H groups in total. The Balaban J connectivity index is 1.36. The van der Waals surface area contributed by atoms with Crippen LogP contribution in [-0.2, 0) is 11.2 Å². The predicted molar refractivity (Wildman–Crippen MR) is 105 cm³/mol. The van der Waals surface area contributed by atoms with E-state index in [1.54, 1.807) is 11.6 Å². The molecule has 0 fully saturated rings. The highest BCUT2D eigenvalue weighted by Gasteiger charge is 2.11. The van der Waals surface area contributed by atoms with Crippen molar-refractivity contribution < 1.29 is 9.21 Å². The zero-order valence-corrected chi connectivity index (χ0v) is 16.0. The van der Waals surface area contributed by atoms with Gasteiger partial charge in [-0.05, 0) is 54.6 Å². The summed E-state index contributed by atoms with van der Waals surface area (Å²) in [7, 11) is 0. The van der Waals surface area contributed by atoms with Crippen LogP contribution in [0.4, 0.5) is 5.69 Å². The SMILES string of the molecule is Cc1ccc(-c2nnc(CCC(=O)Nc3cccc(-n4nnnc4C)c3)o2)cc1. The van der Waals surface area contributed by atoms with Crippen molar-refractivity contribution in [2.75, 3.05) is 5.32 Å². The second kappa shape index (κ2) is 8.01. The van der Waals surface area contributed by atoms with Gasteiger partial charge in [0.25, 0.3) is 0 Å². The zero-order valence-electron chi connectivity index (χ0n) is 16.0. The molecule has 146 valence electrons. The molecular weight excluding hydrogens is 370 g/mol. The summed E-state index contributed by atoms with van der Waals surface area (Å²) in [4.78, 5) is 12.3. The third-order valence-corrected chi connectivity index (χ3v) is 4.33. The van der Waals surface area contributed by atoms with Crippen molar-refractivity contribution in [3.8, 4) is 17.1 Å². The first-order chi connectivity index (χ1) is 14.1. The van der Waals surface area contributed by atoms with Gasteiger partial charge in [-0.1, -0.05) is 23.8 Å². The molecule has 0 aliphatic carbocycles. The van der Waals surface area contributed by atoms with Gasteiger partial charge in [0.1, 0.15) is 0 Å². The maximum atomic E-state index is 12.3. The van der Waals surface area contributed by atoms with Crippen molar-refractivity contribution in [3.63, 3.8) is 0 Å². The maximum Gasteiger partial charge on any atom is 0.247 e. The second-order valence-electron chi connectivity index (χ2n) is 6.60. The molecule has 0 unspecified atom stereocenters. The number of tetrazole rings is 1. The Labute approximate surface area is 166 Å². The number of benzene rings is 2. The van der Waals surface area contributed by atoms with Crippen LogP contribution in [0.1, 0.15) is 23.7 Å². The fraction of sp³-hybridized carbons (Fsp3) is 0.200. The summed E-state index contributed by atoms with van der Waals surface area (Å²) in [6.45, 7) is 3.82.